The number of morpholine rings is 1. The summed E-state index contributed by atoms with van der Waals surface area (Å²) in [6.07, 6.45) is 7.00. The van der Waals surface area contributed by atoms with Crippen molar-refractivity contribution in [2.75, 3.05) is 19.7 Å². The third kappa shape index (κ3) is 3.87. The molecule has 0 amide bonds. The summed E-state index contributed by atoms with van der Waals surface area (Å²) in [6, 6.07) is 7.28. The van der Waals surface area contributed by atoms with Crippen LogP contribution < -0.4 is 0 Å². The third-order valence-corrected chi connectivity index (χ3v) is 4.93. The summed E-state index contributed by atoms with van der Waals surface area (Å²) in [6.45, 7) is 3.51. The van der Waals surface area contributed by atoms with Crippen molar-refractivity contribution >= 4 is 5.97 Å². The van der Waals surface area contributed by atoms with E-state index in [-0.39, 0.29) is 0 Å². The van der Waals surface area contributed by atoms with Gasteiger partial charge in [-0.2, -0.15) is 0 Å². The summed E-state index contributed by atoms with van der Waals surface area (Å²) in [5, 5.41) is 9.09. The Morgan fingerprint density at radius 2 is 2.09 bits per heavy atom. The van der Waals surface area contributed by atoms with Gasteiger partial charge in [0.25, 0.3) is 0 Å². The zero-order chi connectivity index (χ0) is 15.4. The van der Waals surface area contributed by atoms with Crippen LogP contribution in [0.4, 0.5) is 0 Å². The first-order valence-electron chi connectivity index (χ1n) is 8.38. The van der Waals surface area contributed by atoms with E-state index in [0.29, 0.717) is 17.6 Å². The molecule has 1 aliphatic heterocycles. The van der Waals surface area contributed by atoms with Crippen molar-refractivity contribution in [3.8, 4) is 0 Å². The minimum absolute atomic E-state index is 0.358. The molecule has 1 saturated carbocycles. The largest absolute Gasteiger partial charge is 0.478 e. The molecule has 1 atom stereocenters. The third-order valence-electron chi connectivity index (χ3n) is 4.93. The van der Waals surface area contributed by atoms with E-state index in [9.17, 15) is 4.79 Å². The molecule has 1 unspecified atom stereocenters. The Balaban J connectivity index is 1.60. The van der Waals surface area contributed by atoms with Crippen LogP contribution in [0.5, 0.6) is 0 Å². The zero-order valence-electron chi connectivity index (χ0n) is 13.0. The van der Waals surface area contributed by atoms with Crippen LogP contribution >= 0.6 is 0 Å². The Hall–Kier alpha value is -1.39. The van der Waals surface area contributed by atoms with E-state index >= 15 is 0 Å². The van der Waals surface area contributed by atoms with Gasteiger partial charge in [0.15, 0.2) is 0 Å². The Labute approximate surface area is 132 Å². The number of carboxylic acids is 1. The molecule has 22 heavy (non-hydrogen) atoms. The smallest absolute Gasteiger partial charge is 0.335 e. The fourth-order valence-electron chi connectivity index (χ4n) is 3.73. The van der Waals surface area contributed by atoms with Gasteiger partial charge in [0, 0.05) is 19.6 Å². The molecule has 2 fully saturated rings. The van der Waals surface area contributed by atoms with Gasteiger partial charge in [-0.3, -0.25) is 4.90 Å². The Kier molecular flexibility index (Phi) is 5.11. The number of nitrogens with zero attached hydrogens (tertiary/aromatic N) is 1. The lowest BCUT2D eigenvalue weighted by molar-refractivity contribution is -0.0670. The van der Waals surface area contributed by atoms with Crippen LogP contribution in [0.1, 0.15) is 48.0 Å². The maximum atomic E-state index is 11.1. The van der Waals surface area contributed by atoms with Gasteiger partial charge in [0.05, 0.1) is 18.3 Å². The lowest BCUT2D eigenvalue weighted by Crippen LogP contribution is -2.45. The molecule has 1 aromatic rings. The van der Waals surface area contributed by atoms with E-state index in [1.807, 2.05) is 12.1 Å². The van der Waals surface area contributed by atoms with Crippen molar-refractivity contribution in [1.29, 1.82) is 0 Å². The fourth-order valence-corrected chi connectivity index (χ4v) is 3.73. The van der Waals surface area contributed by atoms with Crippen LogP contribution in [0.15, 0.2) is 24.3 Å². The predicted octanol–water partition coefficient (Wildman–Crippen LogP) is 3.17. The average Bonchev–Trinajstić information content (AvgIpc) is 2.56. The molecule has 0 spiro atoms. The van der Waals surface area contributed by atoms with Crippen molar-refractivity contribution in [3.05, 3.63) is 35.4 Å². The molecule has 1 aromatic carbocycles. The molecule has 1 heterocycles. The lowest BCUT2D eigenvalue weighted by atomic mass is 9.84. The second-order valence-corrected chi connectivity index (χ2v) is 6.55. The second-order valence-electron chi connectivity index (χ2n) is 6.55. The first-order valence-corrected chi connectivity index (χ1v) is 8.38. The lowest BCUT2D eigenvalue weighted by Gasteiger charge is -2.38. The number of ether oxygens (including phenoxy) is 1. The summed E-state index contributed by atoms with van der Waals surface area (Å²) in [7, 11) is 0. The van der Waals surface area contributed by atoms with Crippen molar-refractivity contribution in [2.24, 2.45) is 5.92 Å². The van der Waals surface area contributed by atoms with Crippen molar-refractivity contribution in [1.82, 2.24) is 4.90 Å². The summed E-state index contributed by atoms with van der Waals surface area (Å²) in [5.74, 6) is -0.147. The molecular formula is C18H25NO3. The number of aromatic carboxylic acids is 1. The van der Waals surface area contributed by atoms with E-state index in [1.54, 1.807) is 12.1 Å². The van der Waals surface area contributed by atoms with E-state index < -0.39 is 5.97 Å². The molecule has 0 aromatic heterocycles. The molecule has 120 valence electrons. The first kappa shape index (κ1) is 15.5. The number of benzene rings is 1. The van der Waals surface area contributed by atoms with Crippen LogP contribution in [-0.4, -0.2) is 41.8 Å². The minimum atomic E-state index is -0.857. The van der Waals surface area contributed by atoms with Crippen molar-refractivity contribution in [2.45, 2.75) is 44.8 Å². The maximum absolute atomic E-state index is 11.1. The topological polar surface area (TPSA) is 49.8 Å². The van der Waals surface area contributed by atoms with Gasteiger partial charge in [-0.25, -0.2) is 4.79 Å². The molecule has 1 saturated heterocycles. The van der Waals surface area contributed by atoms with Crippen molar-refractivity contribution in [3.63, 3.8) is 0 Å². The molecule has 1 N–H and O–H groups in total. The van der Waals surface area contributed by atoms with Gasteiger partial charge >= 0.3 is 5.97 Å². The highest BCUT2D eigenvalue weighted by atomic mass is 16.5. The Bertz CT molecular complexity index is 511. The van der Waals surface area contributed by atoms with Gasteiger partial charge in [0.1, 0.15) is 0 Å². The Morgan fingerprint density at radius 3 is 2.86 bits per heavy atom. The number of hydrogen-bond donors (Lipinski definition) is 1. The summed E-state index contributed by atoms with van der Waals surface area (Å²) in [5.41, 5.74) is 1.44. The van der Waals surface area contributed by atoms with Crippen LogP contribution in [0.2, 0.25) is 0 Å². The monoisotopic (exact) mass is 303 g/mol. The van der Waals surface area contributed by atoms with Gasteiger partial charge in [-0.15, -0.1) is 0 Å². The number of carboxylic acid groups (broad SMARTS) is 1. The summed E-state index contributed by atoms with van der Waals surface area (Å²) >= 11 is 0. The molecule has 0 bridgehead atoms. The highest BCUT2D eigenvalue weighted by Gasteiger charge is 2.29. The highest BCUT2D eigenvalue weighted by Crippen LogP contribution is 2.29. The van der Waals surface area contributed by atoms with E-state index in [2.05, 4.69) is 4.90 Å². The second kappa shape index (κ2) is 7.25. The molecule has 2 aliphatic rings. The maximum Gasteiger partial charge on any atom is 0.335 e. The van der Waals surface area contributed by atoms with Crippen LogP contribution in [0, 0.1) is 5.92 Å². The number of carbonyl (C=O) groups is 1. The molecule has 0 radical (unpaired) electrons. The van der Waals surface area contributed by atoms with E-state index in [0.717, 1.165) is 31.8 Å². The first-order chi connectivity index (χ1) is 10.7. The SMILES string of the molecule is O=C(O)c1cccc(CN2CCOC(C3CCCCC3)C2)c1. The Morgan fingerprint density at radius 1 is 1.27 bits per heavy atom. The molecule has 4 heteroatoms. The van der Waals surface area contributed by atoms with Crippen LogP contribution in [0.25, 0.3) is 0 Å². The van der Waals surface area contributed by atoms with E-state index in [1.165, 1.54) is 32.1 Å². The van der Waals surface area contributed by atoms with E-state index in [4.69, 9.17) is 9.84 Å². The van der Waals surface area contributed by atoms with Crippen molar-refractivity contribution < 1.29 is 14.6 Å². The number of rotatable bonds is 4. The minimum Gasteiger partial charge on any atom is -0.478 e. The quantitative estimate of drug-likeness (QED) is 0.928. The number of hydrogen-bond acceptors (Lipinski definition) is 3. The molecule has 1 aliphatic carbocycles. The molecule has 4 nitrogen and oxygen atoms in total. The molecular weight excluding hydrogens is 278 g/mol. The fraction of sp³-hybridized carbons (Fsp3) is 0.611. The normalized spacial score (nSPS) is 24.3. The van der Waals surface area contributed by atoms with Gasteiger partial charge in [-0.1, -0.05) is 31.4 Å². The predicted molar refractivity (Wildman–Crippen MR) is 85.0 cm³/mol. The summed E-state index contributed by atoms with van der Waals surface area (Å²) in [4.78, 5) is 13.5. The van der Waals surface area contributed by atoms with Crippen LogP contribution in [-0.2, 0) is 11.3 Å². The van der Waals surface area contributed by atoms with Gasteiger partial charge < -0.3 is 9.84 Å². The standard InChI is InChI=1S/C18H25NO3/c20-18(21)16-8-4-5-14(11-16)12-19-9-10-22-17(13-19)15-6-2-1-3-7-15/h4-5,8,11,15,17H,1-3,6-7,9-10,12-13H2,(H,20,21). The highest BCUT2D eigenvalue weighted by molar-refractivity contribution is 5.87. The van der Waals surface area contributed by atoms with Gasteiger partial charge in [-0.05, 0) is 36.5 Å². The summed E-state index contributed by atoms with van der Waals surface area (Å²) < 4.78 is 6.01. The average molecular weight is 303 g/mol. The zero-order valence-corrected chi connectivity index (χ0v) is 13.0. The van der Waals surface area contributed by atoms with Crippen LogP contribution in [0.3, 0.4) is 0 Å². The molecule has 3 rings (SSSR count). The van der Waals surface area contributed by atoms with Gasteiger partial charge in [0.2, 0.25) is 0 Å².